The number of nitrogens with one attached hydrogen (secondary N) is 1. The number of methoxy groups -OCH3 is 2. The molecule has 2 rings (SSSR count). The van der Waals surface area contributed by atoms with Gasteiger partial charge in [0, 0.05) is 7.11 Å². The molecule has 106 valence electrons. The number of hydrogen-bond donors (Lipinski definition) is 1. The van der Waals surface area contributed by atoms with Gasteiger partial charge in [0.2, 0.25) is 6.10 Å². The van der Waals surface area contributed by atoms with Crippen LogP contribution >= 0.6 is 0 Å². The van der Waals surface area contributed by atoms with Gasteiger partial charge in [-0.25, -0.2) is 14.6 Å². The molecule has 0 aliphatic rings. The fourth-order valence-corrected chi connectivity index (χ4v) is 1.69. The molecule has 1 aromatic heterocycles. The van der Waals surface area contributed by atoms with Crippen molar-refractivity contribution in [1.82, 2.24) is 9.97 Å². The van der Waals surface area contributed by atoms with Crippen LogP contribution in [0.1, 0.15) is 10.4 Å². The Morgan fingerprint density at radius 3 is 2.85 bits per heavy atom. The zero-order valence-electron chi connectivity index (χ0n) is 11.1. The van der Waals surface area contributed by atoms with E-state index in [2.05, 4.69) is 14.7 Å². The van der Waals surface area contributed by atoms with Crippen molar-refractivity contribution in [1.29, 1.82) is 0 Å². The van der Waals surface area contributed by atoms with Gasteiger partial charge in [-0.15, -0.1) is 0 Å². The van der Waals surface area contributed by atoms with Crippen LogP contribution in [0, 0.1) is 0 Å². The molecule has 1 heterocycles. The molecule has 2 aromatic rings. The second-order valence-electron chi connectivity index (χ2n) is 4.01. The number of carbonyl (C=O) groups excluding carboxylic acids is 2. The normalized spacial score (nSPS) is 12.1. The van der Waals surface area contributed by atoms with Gasteiger partial charge >= 0.3 is 11.9 Å². The van der Waals surface area contributed by atoms with Crippen LogP contribution in [0.5, 0.6) is 0 Å². The zero-order valence-corrected chi connectivity index (χ0v) is 11.1. The summed E-state index contributed by atoms with van der Waals surface area (Å²) in [6.45, 7) is -0.0648. The van der Waals surface area contributed by atoms with Crippen molar-refractivity contribution in [3.63, 3.8) is 0 Å². The Kier molecular flexibility index (Phi) is 4.31. The van der Waals surface area contributed by atoms with Gasteiger partial charge in [-0.2, -0.15) is 0 Å². The number of nitrogens with zero attached hydrogens (tertiary/aromatic N) is 1. The topological polar surface area (TPSA) is 90.5 Å². The van der Waals surface area contributed by atoms with Crippen molar-refractivity contribution in [2.24, 2.45) is 0 Å². The number of carbonyl (C=O) groups is 2. The van der Waals surface area contributed by atoms with E-state index in [0.717, 1.165) is 5.52 Å². The molecule has 0 radical (unpaired) electrons. The minimum atomic E-state index is -1.09. The summed E-state index contributed by atoms with van der Waals surface area (Å²) in [5.41, 5.74) is 1.76. The Labute approximate surface area is 114 Å². The lowest BCUT2D eigenvalue weighted by atomic mass is 10.2. The summed E-state index contributed by atoms with van der Waals surface area (Å²) in [4.78, 5) is 30.4. The Bertz CT molecular complexity index is 622. The third kappa shape index (κ3) is 2.94. The summed E-state index contributed by atoms with van der Waals surface area (Å²) < 4.78 is 14.5. The average molecular weight is 278 g/mol. The van der Waals surface area contributed by atoms with E-state index in [9.17, 15) is 9.59 Å². The molecule has 1 N–H and O–H groups in total. The largest absolute Gasteiger partial charge is 0.466 e. The van der Waals surface area contributed by atoms with Crippen LogP contribution in [0.25, 0.3) is 11.0 Å². The first-order valence-corrected chi connectivity index (χ1v) is 5.86. The van der Waals surface area contributed by atoms with E-state index in [4.69, 9.17) is 9.47 Å². The maximum Gasteiger partial charge on any atom is 0.349 e. The Balaban J connectivity index is 2.14. The number of esters is 2. The highest BCUT2D eigenvalue weighted by Crippen LogP contribution is 2.13. The van der Waals surface area contributed by atoms with Gasteiger partial charge < -0.3 is 19.2 Å². The third-order valence-corrected chi connectivity index (χ3v) is 2.69. The van der Waals surface area contributed by atoms with Gasteiger partial charge in [-0.1, -0.05) is 0 Å². The van der Waals surface area contributed by atoms with Crippen molar-refractivity contribution in [3.8, 4) is 0 Å². The summed E-state index contributed by atoms with van der Waals surface area (Å²) in [7, 11) is 2.62. The van der Waals surface area contributed by atoms with Crippen LogP contribution in [0.2, 0.25) is 0 Å². The van der Waals surface area contributed by atoms with Crippen LogP contribution in [0.15, 0.2) is 24.5 Å². The van der Waals surface area contributed by atoms with Gasteiger partial charge in [0.05, 0.1) is 36.6 Å². The van der Waals surface area contributed by atoms with Crippen molar-refractivity contribution < 1.29 is 23.8 Å². The summed E-state index contributed by atoms with van der Waals surface area (Å²) in [5.74, 6) is -1.29. The molecule has 0 bridgehead atoms. The van der Waals surface area contributed by atoms with Crippen LogP contribution < -0.4 is 0 Å². The summed E-state index contributed by atoms with van der Waals surface area (Å²) in [6, 6.07) is 4.87. The third-order valence-electron chi connectivity index (χ3n) is 2.69. The molecule has 0 saturated heterocycles. The zero-order chi connectivity index (χ0) is 14.5. The van der Waals surface area contributed by atoms with E-state index in [1.54, 1.807) is 18.2 Å². The molecule has 0 saturated carbocycles. The standard InChI is InChI=1S/C13H14N2O5/c1-18-6-11(13(17)19-2)20-12(16)8-3-4-9-10(5-8)15-7-14-9/h3-5,7,11H,6H2,1-2H3,(H,14,15)/t11-/m0/s1. The SMILES string of the molecule is COC[C@H](OC(=O)c1ccc2nc[nH]c2c1)C(=O)OC. The molecule has 20 heavy (non-hydrogen) atoms. The van der Waals surface area contributed by atoms with E-state index in [1.807, 2.05) is 0 Å². The molecule has 0 aliphatic heterocycles. The number of rotatable bonds is 5. The van der Waals surface area contributed by atoms with Gasteiger partial charge in [0.15, 0.2) is 0 Å². The summed E-state index contributed by atoms with van der Waals surface area (Å²) in [6.07, 6.45) is 0.442. The summed E-state index contributed by atoms with van der Waals surface area (Å²) >= 11 is 0. The van der Waals surface area contributed by atoms with Crippen LogP contribution in [0.4, 0.5) is 0 Å². The first-order valence-electron chi connectivity index (χ1n) is 5.86. The lowest BCUT2D eigenvalue weighted by Crippen LogP contribution is -2.32. The Morgan fingerprint density at radius 2 is 2.15 bits per heavy atom. The number of H-pyrrole nitrogens is 1. The Morgan fingerprint density at radius 1 is 1.35 bits per heavy atom. The number of fused-ring (bicyclic) bond motifs is 1. The van der Waals surface area contributed by atoms with Gasteiger partial charge in [-0.3, -0.25) is 0 Å². The fraction of sp³-hybridized carbons (Fsp3) is 0.308. The lowest BCUT2D eigenvalue weighted by Gasteiger charge is -2.14. The quantitative estimate of drug-likeness (QED) is 0.817. The highest BCUT2D eigenvalue weighted by Gasteiger charge is 2.24. The number of ether oxygens (including phenoxy) is 3. The smallest absolute Gasteiger partial charge is 0.349 e. The molecule has 7 heteroatoms. The lowest BCUT2D eigenvalue weighted by molar-refractivity contribution is -0.153. The second-order valence-corrected chi connectivity index (χ2v) is 4.01. The van der Waals surface area contributed by atoms with Crippen molar-refractivity contribution in [2.45, 2.75) is 6.10 Å². The van der Waals surface area contributed by atoms with E-state index in [1.165, 1.54) is 20.5 Å². The molecule has 1 atom stereocenters. The second kappa shape index (κ2) is 6.16. The van der Waals surface area contributed by atoms with Crippen LogP contribution in [-0.4, -0.2) is 48.8 Å². The molecule has 0 amide bonds. The predicted octanol–water partition coefficient (Wildman–Crippen LogP) is 0.908. The summed E-state index contributed by atoms with van der Waals surface area (Å²) in [5, 5.41) is 0. The predicted molar refractivity (Wildman–Crippen MR) is 69.2 cm³/mol. The van der Waals surface area contributed by atoms with E-state index < -0.39 is 18.0 Å². The minimum Gasteiger partial charge on any atom is -0.466 e. The number of aromatic amines is 1. The molecule has 0 unspecified atom stereocenters. The minimum absolute atomic E-state index is 0.0648. The molecule has 0 fully saturated rings. The number of hydrogen-bond acceptors (Lipinski definition) is 6. The molecule has 0 aliphatic carbocycles. The van der Waals surface area contributed by atoms with Gasteiger partial charge in [-0.05, 0) is 18.2 Å². The number of benzene rings is 1. The van der Waals surface area contributed by atoms with Gasteiger partial charge in [0.1, 0.15) is 0 Å². The number of aromatic nitrogens is 2. The maximum absolute atomic E-state index is 12.0. The molecular formula is C13H14N2O5. The Hall–Kier alpha value is -2.41. The molecule has 1 aromatic carbocycles. The highest BCUT2D eigenvalue weighted by atomic mass is 16.6. The van der Waals surface area contributed by atoms with Crippen molar-refractivity contribution in [2.75, 3.05) is 20.8 Å². The van der Waals surface area contributed by atoms with E-state index >= 15 is 0 Å². The monoisotopic (exact) mass is 278 g/mol. The maximum atomic E-state index is 12.0. The van der Waals surface area contributed by atoms with Gasteiger partial charge in [0.25, 0.3) is 0 Å². The average Bonchev–Trinajstić information content (AvgIpc) is 2.93. The number of imidazole rings is 1. The van der Waals surface area contributed by atoms with Crippen molar-refractivity contribution >= 4 is 23.0 Å². The first-order chi connectivity index (χ1) is 9.65. The fourth-order valence-electron chi connectivity index (χ4n) is 1.69. The van der Waals surface area contributed by atoms with E-state index in [-0.39, 0.29) is 6.61 Å². The van der Waals surface area contributed by atoms with Crippen LogP contribution in [-0.2, 0) is 19.0 Å². The van der Waals surface area contributed by atoms with Crippen LogP contribution in [0.3, 0.4) is 0 Å². The van der Waals surface area contributed by atoms with Crippen molar-refractivity contribution in [3.05, 3.63) is 30.1 Å². The molecule has 7 nitrogen and oxygen atoms in total. The molecular weight excluding hydrogens is 264 g/mol. The first kappa shape index (κ1) is 14.0. The highest BCUT2D eigenvalue weighted by molar-refractivity contribution is 5.94. The van der Waals surface area contributed by atoms with E-state index in [0.29, 0.717) is 11.1 Å². The molecule has 0 spiro atoms.